The molecule has 260 valence electrons. The van der Waals surface area contributed by atoms with E-state index in [1.807, 2.05) is 6.92 Å². The lowest BCUT2D eigenvalue weighted by Crippen LogP contribution is -2.49. The van der Waals surface area contributed by atoms with Crippen molar-refractivity contribution in [2.24, 2.45) is 11.7 Å². The number of nitrogens with zero attached hydrogens (tertiary/aromatic N) is 2. The molecule has 1 fully saturated rings. The standard InChI is InChI=1S/C36H42N4O9/c1-3-21-22-15-20(41)10-11-27(22)38-31-23(21)17-40-29(31)16-25-24(33(40)44)18-48-35(47)36(25,4-2)49-30(42)13-12-28(34(45)46)39-32(43)26(37)14-19-8-6-5-7-9-19/h10-11,15-16,19,26,28,41H,3-9,12-14,17-18,37H2,1-2H3,(H,39,43)(H,45,46)/t26-,28-,36-/m0/s1. The van der Waals surface area contributed by atoms with Gasteiger partial charge >= 0.3 is 17.9 Å². The Balaban J connectivity index is 1.24. The van der Waals surface area contributed by atoms with Gasteiger partial charge in [-0.25, -0.2) is 14.6 Å². The second-order valence-electron chi connectivity index (χ2n) is 13.3. The Hall–Kier alpha value is -4.78. The minimum absolute atomic E-state index is 0.0555. The summed E-state index contributed by atoms with van der Waals surface area (Å²) in [6, 6.07) is 4.29. The molecule has 4 heterocycles. The zero-order chi connectivity index (χ0) is 35.0. The number of aromatic nitrogens is 2. The van der Waals surface area contributed by atoms with Gasteiger partial charge in [0.2, 0.25) is 11.5 Å². The number of nitrogens with two attached hydrogens (primary N) is 1. The van der Waals surface area contributed by atoms with Crippen LogP contribution in [0.25, 0.3) is 22.3 Å². The van der Waals surface area contributed by atoms with Crippen LogP contribution >= 0.6 is 0 Å². The topological polar surface area (TPSA) is 200 Å². The average Bonchev–Trinajstić information content (AvgIpc) is 3.45. The van der Waals surface area contributed by atoms with Crippen molar-refractivity contribution < 1.29 is 38.9 Å². The van der Waals surface area contributed by atoms with E-state index >= 15 is 0 Å². The Bertz CT molecular complexity index is 1900. The molecule has 0 radical (unpaired) electrons. The molecule has 1 aliphatic carbocycles. The first-order valence-corrected chi connectivity index (χ1v) is 17.1. The van der Waals surface area contributed by atoms with Gasteiger partial charge in [0.15, 0.2) is 0 Å². The fourth-order valence-electron chi connectivity index (χ4n) is 7.64. The van der Waals surface area contributed by atoms with Crippen LogP contribution in [0, 0.1) is 5.92 Å². The molecule has 6 rings (SSSR count). The summed E-state index contributed by atoms with van der Waals surface area (Å²) in [4.78, 5) is 70.4. The van der Waals surface area contributed by atoms with Crippen molar-refractivity contribution in [2.75, 3.05) is 0 Å². The number of nitrogens with one attached hydrogen (secondary N) is 1. The molecule has 1 saturated carbocycles. The summed E-state index contributed by atoms with van der Waals surface area (Å²) >= 11 is 0. The second kappa shape index (κ2) is 13.6. The van der Waals surface area contributed by atoms with E-state index in [-0.39, 0.29) is 42.9 Å². The Morgan fingerprint density at radius 3 is 2.59 bits per heavy atom. The maximum Gasteiger partial charge on any atom is 0.355 e. The lowest BCUT2D eigenvalue weighted by Gasteiger charge is -2.35. The van der Waals surface area contributed by atoms with Crippen molar-refractivity contribution in [1.29, 1.82) is 0 Å². The highest BCUT2D eigenvalue weighted by Gasteiger charge is 2.50. The van der Waals surface area contributed by atoms with E-state index in [2.05, 4.69) is 5.32 Å². The summed E-state index contributed by atoms with van der Waals surface area (Å²) in [5.41, 5.74) is 7.55. The van der Waals surface area contributed by atoms with Crippen molar-refractivity contribution in [1.82, 2.24) is 14.9 Å². The minimum Gasteiger partial charge on any atom is -0.508 e. The van der Waals surface area contributed by atoms with Crippen LogP contribution in [0.5, 0.6) is 5.75 Å². The molecule has 0 saturated heterocycles. The van der Waals surface area contributed by atoms with Gasteiger partial charge in [0.25, 0.3) is 5.56 Å². The van der Waals surface area contributed by atoms with Crippen LogP contribution in [0.4, 0.5) is 0 Å². The summed E-state index contributed by atoms with van der Waals surface area (Å²) < 4.78 is 12.8. The Morgan fingerprint density at radius 1 is 1.14 bits per heavy atom. The molecule has 0 bridgehead atoms. The quantitative estimate of drug-likeness (QED) is 0.170. The summed E-state index contributed by atoms with van der Waals surface area (Å²) in [6.07, 6.45) is 5.59. The number of hydrogen-bond donors (Lipinski definition) is 4. The largest absolute Gasteiger partial charge is 0.508 e. The predicted molar refractivity (Wildman–Crippen MR) is 177 cm³/mol. The zero-order valence-electron chi connectivity index (χ0n) is 27.8. The lowest BCUT2D eigenvalue weighted by atomic mass is 9.85. The number of hydrogen-bond acceptors (Lipinski definition) is 10. The monoisotopic (exact) mass is 674 g/mol. The van der Waals surface area contributed by atoms with Crippen molar-refractivity contribution >= 4 is 34.7 Å². The number of esters is 2. The number of carboxylic acids is 1. The molecule has 1 aromatic carbocycles. The third-order valence-corrected chi connectivity index (χ3v) is 10.3. The molecular weight excluding hydrogens is 632 g/mol. The molecule has 49 heavy (non-hydrogen) atoms. The van der Waals surface area contributed by atoms with Crippen molar-refractivity contribution in [2.45, 2.75) is 109 Å². The highest BCUT2D eigenvalue weighted by atomic mass is 16.6. The Morgan fingerprint density at radius 2 is 1.90 bits per heavy atom. The van der Waals surface area contributed by atoms with E-state index in [0.29, 0.717) is 35.7 Å². The van der Waals surface area contributed by atoms with Gasteiger partial charge in [0, 0.05) is 22.9 Å². The van der Waals surface area contributed by atoms with Crippen molar-refractivity contribution in [3.05, 3.63) is 56.9 Å². The number of carbonyl (C=O) groups is 4. The number of phenols is 1. The van der Waals surface area contributed by atoms with E-state index < -0.39 is 53.5 Å². The smallest absolute Gasteiger partial charge is 0.355 e. The molecule has 13 heteroatoms. The molecule has 3 aliphatic rings. The number of fused-ring (bicyclic) bond motifs is 5. The van der Waals surface area contributed by atoms with Gasteiger partial charge in [-0.3, -0.25) is 14.4 Å². The summed E-state index contributed by atoms with van der Waals surface area (Å²) in [7, 11) is 0. The normalized spacial score (nSPS) is 19.7. The minimum atomic E-state index is -1.96. The van der Waals surface area contributed by atoms with Crippen LogP contribution in [-0.4, -0.2) is 55.7 Å². The van der Waals surface area contributed by atoms with Crippen LogP contribution in [0.1, 0.15) is 93.9 Å². The molecular formula is C36H42N4O9. The molecule has 2 aliphatic heterocycles. The van der Waals surface area contributed by atoms with Crippen molar-refractivity contribution in [3.8, 4) is 17.1 Å². The predicted octanol–water partition coefficient (Wildman–Crippen LogP) is 3.55. The average molecular weight is 675 g/mol. The number of aromatic hydroxyl groups is 1. The van der Waals surface area contributed by atoms with E-state index in [4.69, 9.17) is 20.2 Å². The SMILES string of the molecule is CCc1c2c(nc3ccc(O)cc13)-c1cc3c(c(=O)n1C2)COC(=O)[C@@]3(CC)OC(=O)CC[C@H](NC(=O)[C@@H](N)CC1CCCCC1)C(=O)O. The maximum absolute atomic E-state index is 13.9. The van der Waals surface area contributed by atoms with Gasteiger partial charge in [-0.1, -0.05) is 46.0 Å². The fourth-order valence-corrected chi connectivity index (χ4v) is 7.64. The summed E-state index contributed by atoms with van der Waals surface area (Å²) in [5, 5.41) is 23.2. The number of pyridine rings is 2. The number of ether oxygens (including phenoxy) is 2. The number of benzene rings is 1. The highest BCUT2D eigenvalue weighted by Crippen LogP contribution is 2.42. The molecule has 3 atom stereocenters. The van der Waals surface area contributed by atoms with Crippen LogP contribution in [0.15, 0.2) is 29.1 Å². The molecule has 5 N–H and O–H groups in total. The van der Waals surface area contributed by atoms with Crippen LogP contribution < -0.4 is 16.6 Å². The number of cyclic esters (lactones) is 1. The number of amides is 1. The van der Waals surface area contributed by atoms with Gasteiger partial charge < -0.3 is 35.3 Å². The fraction of sp³-hybridized carbons (Fsp3) is 0.500. The van der Waals surface area contributed by atoms with Gasteiger partial charge in [-0.2, -0.15) is 0 Å². The van der Waals surface area contributed by atoms with E-state index in [9.17, 15) is 34.2 Å². The number of aliphatic carboxylic acids is 1. The molecule has 13 nitrogen and oxygen atoms in total. The van der Waals surface area contributed by atoms with Gasteiger partial charge in [-0.15, -0.1) is 0 Å². The Kier molecular flexibility index (Phi) is 9.47. The number of carbonyl (C=O) groups excluding carboxylic acids is 3. The maximum atomic E-state index is 13.9. The highest BCUT2D eigenvalue weighted by molar-refractivity contribution is 5.91. The first-order valence-electron chi connectivity index (χ1n) is 17.1. The van der Waals surface area contributed by atoms with Gasteiger partial charge in [0.05, 0.1) is 35.1 Å². The lowest BCUT2D eigenvalue weighted by molar-refractivity contribution is -0.189. The third-order valence-electron chi connectivity index (χ3n) is 10.3. The number of phenolic OH excluding ortho intramolecular Hbond substituents is 1. The van der Waals surface area contributed by atoms with Crippen LogP contribution in [0.2, 0.25) is 0 Å². The third kappa shape index (κ3) is 6.27. The Labute approximate surface area is 282 Å². The second-order valence-corrected chi connectivity index (χ2v) is 13.3. The zero-order valence-corrected chi connectivity index (χ0v) is 27.8. The number of carboxylic acid groups (broad SMARTS) is 1. The first kappa shape index (κ1) is 34.1. The van der Waals surface area contributed by atoms with E-state index in [0.717, 1.165) is 48.6 Å². The van der Waals surface area contributed by atoms with Crippen LogP contribution in [-0.2, 0) is 53.8 Å². The van der Waals surface area contributed by atoms with E-state index in [1.165, 1.54) is 0 Å². The molecule has 0 unspecified atom stereocenters. The summed E-state index contributed by atoms with van der Waals surface area (Å²) in [5.74, 6) is -3.24. The van der Waals surface area contributed by atoms with E-state index in [1.54, 1.807) is 35.8 Å². The molecule has 2 aromatic heterocycles. The summed E-state index contributed by atoms with van der Waals surface area (Å²) in [6.45, 7) is 3.54. The molecule has 1 amide bonds. The molecule has 3 aromatic rings. The number of aryl methyl sites for hydroxylation is 1. The first-order chi connectivity index (χ1) is 23.5. The number of rotatable bonds is 11. The van der Waals surface area contributed by atoms with Gasteiger partial charge in [-0.05, 0) is 61.4 Å². The van der Waals surface area contributed by atoms with Crippen LogP contribution in [0.3, 0.4) is 0 Å². The van der Waals surface area contributed by atoms with Crippen molar-refractivity contribution in [3.63, 3.8) is 0 Å². The molecule has 0 spiro atoms. The van der Waals surface area contributed by atoms with Gasteiger partial charge in [0.1, 0.15) is 18.4 Å².